The van der Waals surface area contributed by atoms with Crippen LogP contribution in [0.5, 0.6) is 0 Å². The molecule has 0 radical (unpaired) electrons. The van der Waals surface area contributed by atoms with E-state index in [-0.39, 0.29) is 18.9 Å². The SMILES string of the molecule is Cc1ccc(NC(=O)CCNC(=O)O)c(N)c1. The zero-order chi connectivity index (χ0) is 12.8. The van der Waals surface area contributed by atoms with E-state index in [1.807, 2.05) is 13.0 Å². The van der Waals surface area contributed by atoms with Crippen molar-refractivity contribution in [3.63, 3.8) is 0 Å². The van der Waals surface area contributed by atoms with Gasteiger partial charge in [0.15, 0.2) is 0 Å². The maximum Gasteiger partial charge on any atom is 0.404 e. The van der Waals surface area contributed by atoms with E-state index < -0.39 is 6.09 Å². The average molecular weight is 237 g/mol. The van der Waals surface area contributed by atoms with Crippen molar-refractivity contribution in [2.24, 2.45) is 0 Å². The van der Waals surface area contributed by atoms with Gasteiger partial charge in [-0.2, -0.15) is 0 Å². The molecule has 1 rings (SSSR count). The van der Waals surface area contributed by atoms with Gasteiger partial charge in [-0.25, -0.2) is 4.79 Å². The topological polar surface area (TPSA) is 104 Å². The fraction of sp³-hybridized carbons (Fsp3) is 0.273. The zero-order valence-corrected chi connectivity index (χ0v) is 9.49. The molecular formula is C11H15N3O3. The van der Waals surface area contributed by atoms with Gasteiger partial charge in [0, 0.05) is 13.0 Å². The van der Waals surface area contributed by atoms with Gasteiger partial charge in [0.2, 0.25) is 5.91 Å². The van der Waals surface area contributed by atoms with Gasteiger partial charge in [0.25, 0.3) is 0 Å². The number of hydrogen-bond donors (Lipinski definition) is 4. The maximum absolute atomic E-state index is 11.4. The predicted octanol–water partition coefficient (Wildman–Crippen LogP) is 1.17. The van der Waals surface area contributed by atoms with Crippen LogP contribution in [0.1, 0.15) is 12.0 Å². The van der Waals surface area contributed by atoms with Crippen LogP contribution in [0.3, 0.4) is 0 Å². The highest BCUT2D eigenvalue weighted by atomic mass is 16.4. The van der Waals surface area contributed by atoms with Crippen LogP contribution in [-0.4, -0.2) is 23.7 Å². The summed E-state index contributed by atoms with van der Waals surface area (Å²) in [7, 11) is 0. The monoisotopic (exact) mass is 237 g/mol. The van der Waals surface area contributed by atoms with Crippen molar-refractivity contribution in [3.05, 3.63) is 23.8 Å². The average Bonchev–Trinajstić information content (AvgIpc) is 2.21. The number of nitrogens with one attached hydrogen (secondary N) is 2. The minimum absolute atomic E-state index is 0.0691. The number of benzene rings is 1. The standard InChI is InChI=1S/C11H15N3O3/c1-7-2-3-9(8(12)6-7)14-10(15)4-5-13-11(16)17/h2-3,6,13H,4-5,12H2,1H3,(H,14,15)(H,16,17). The summed E-state index contributed by atoms with van der Waals surface area (Å²) in [5.41, 5.74) is 7.76. The molecule has 1 aromatic carbocycles. The van der Waals surface area contributed by atoms with Crippen molar-refractivity contribution >= 4 is 23.4 Å². The lowest BCUT2D eigenvalue weighted by atomic mass is 10.2. The predicted molar refractivity (Wildman–Crippen MR) is 64.9 cm³/mol. The quantitative estimate of drug-likeness (QED) is 0.590. The van der Waals surface area contributed by atoms with Gasteiger partial charge in [0.05, 0.1) is 11.4 Å². The van der Waals surface area contributed by atoms with E-state index in [1.54, 1.807) is 12.1 Å². The van der Waals surface area contributed by atoms with Crippen molar-refractivity contribution < 1.29 is 14.7 Å². The molecule has 0 fully saturated rings. The molecule has 5 N–H and O–H groups in total. The minimum Gasteiger partial charge on any atom is -0.465 e. The summed E-state index contributed by atoms with van der Waals surface area (Å²) in [6.45, 7) is 1.98. The Kier molecular flexibility index (Phi) is 4.33. The van der Waals surface area contributed by atoms with Gasteiger partial charge >= 0.3 is 6.09 Å². The van der Waals surface area contributed by atoms with Crippen LogP contribution in [0.15, 0.2) is 18.2 Å². The molecule has 2 amide bonds. The molecule has 0 aromatic heterocycles. The first kappa shape index (κ1) is 12.8. The number of nitrogen functional groups attached to an aromatic ring is 1. The Labute approximate surface area is 98.8 Å². The number of amides is 2. The number of carbonyl (C=O) groups is 2. The van der Waals surface area contributed by atoms with Gasteiger partial charge in [-0.1, -0.05) is 6.07 Å². The Morgan fingerprint density at radius 2 is 2.12 bits per heavy atom. The van der Waals surface area contributed by atoms with Crippen molar-refractivity contribution in [1.82, 2.24) is 5.32 Å². The number of rotatable bonds is 4. The van der Waals surface area contributed by atoms with E-state index in [2.05, 4.69) is 10.6 Å². The number of nitrogens with two attached hydrogens (primary N) is 1. The van der Waals surface area contributed by atoms with E-state index in [1.165, 1.54) is 0 Å². The van der Waals surface area contributed by atoms with Crippen LogP contribution in [-0.2, 0) is 4.79 Å². The zero-order valence-electron chi connectivity index (χ0n) is 9.49. The Morgan fingerprint density at radius 3 is 2.71 bits per heavy atom. The molecule has 0 heterocycles. The molecule has 0 spiro atoms. The molecule has 0 atom stereocenters. The first-order valence-electron chi connectivity index (χ1n) is 5.12. The number of anilines is 2. The Hall–Kier alpha value is -2.24. The largest absolute Gasteiger partial charge is 0.465 e. The molecule has 0 aliphatic carbocycles. The lowest BCUT2D eigenvalue weighted by Gasteiger charge is -2.08. The van der Waals surface area contributed by atoms with Gasteiger partial charge in [0.1, 0.15) is 0 Å². The van der Waals surface area contributed by atoms with Gasteiger partial charge in [-0.05, 0) is 24.6 Å². The van der Waals surface area contributed by atoms with Gasteiger partial charge in [-0.15, -0.1) is 0 Å². The normalized spacial score (nSPS) is 9.71. The molecule has 0 saturated heterocycles. The number of hydrogen-bond acceptors (Lipinski definition) is 3. The fourth-order valence-corrected chi connectivity index (χ4v) is 1.29. The van der Waals surface area contributed by atoms with Gasteiger partial charge in [-0.3, -0.25) is 4.79 Å². The van der Waals surface area contributed by atoms with Crippen LogP contribution in [0, 0.1) is 6.92 Å². The highest BCUT2D eigenvalue weighted by molar-refractivity contribution is 5.94. The van der Waals surface area contributed by atoms with E-state index >= 15 is 0 Å². The Bertz CT molecular complexity index is 432. The second-order valence-electron chi connectivity index (χ2n) is 3.62. The highest BCUT2D eigenvalue weighted by Gasteiger charge is 2.05. The summed E-state index contributed by atoms with van der Waals surface area (Å²) in [6.07, 6.45) is -1.08. The van der Waals surface area contributed by atoms with Gasteiger partial charge < -0.3 is 21.5 Å². The number of carboxylic acid groups (broad SMARTS) is 1. The molecule has 17 heavy (non-hydrogen) atoms. The van der Waals surface area contributed by atoms with Crippen LogP contribution in [0.25, 0.3) is 0 Å². The summed E-state index contributed by atoms with van der Waals surface area (Å²) in [5.74, 6) is -0.283. The molecule has 0 unspecified atom stereocenters. The van der Waals surface area contributed by atoms with Crippen LogP contribution in [0.4, 0.5) is 16.2 Å². The lowest BCUT2D eigenvalue weighted by Crippen LogP contribution is -2.26. The first-order chi connectivity index (χ1) is 7.99. The van der Waals surface area contributed by atoms with Crippen LogP contribution >= 0.6 is 0 Å². The second kappa shape index (κ2) is 5.74. The Balaban J connectivity index is 2.48. The molecule has 6 nitrogen and oxygen atoms in total. The van der Waals surface area contributed by atoms with E-state index in [4.69, 9.17) is 10.8 Å². The molecule has 6 heteroatoms. The molecule has 0 saturated carbocycles. The van der Waals surface area contributed by atoms with Crippen LogP contribution in [0.2, 0.25) is 0 Å². The van der Waals surface area contributed by atoms with Crippen molar-refractivity contribution in [1.29, 1.82) is 0 Å². The molecule has 0 aliphatic heterocycles. The lowest BCUT2D eigenvalue weighted by molar-refractivity contribution is -0.116. The minimum atomic E-state index is -1.15. The summed E-state index contributed by atoms with van der Waals surface area (Å²) in [6, 6.07) is 5.31. The third kappa shape index (κ3) is 4.42. The first-order valence-corrected chi connectivity index (χ1v) is 5.12. The third-order valence-electron chi connectivity index (χ3n) is 2.11. The van der Waals surface area contributed by atoms with E-state index in [0.29, 0.717) is 11.4 Å². The smallest absolute Gasteiger partial charge is 0.404 e. The molecule has 0 aliphatic rings. The molecule has 0 bridgehead atoms. The highest BCUT2D eigenvalue weighted by Crippen LogP contribution is 2.19. The number of aryl methyl sites for hydroxylation is 1. The van der Waals surface area contributed by atoms with Crippen molar-refractivity contribution in [2.75, 3.05) is 17.6 Å². The van der Waals surface area contributed by atoms with E-state index in [0.717, 1.165) is 5.56 Å². The molecule has 92 valence electrons. The summed E-state index contributed by atoms with van der Waals surface area (Å²) in [5, 5.41) is 13.1. The van der Waals surface area contributed by atoms with Crippen molar-refractivity contribution in [2.45, 2.75) is 13.3 Å². The molecule has 1 aromatic rings. The summed E-state index contributed by atoms with van der Waals surface area (Å²) in [4.78, 5) is 21.6. The van der Waals surface area contributed by atoms with Crippen molar-refractivity contribution in [3.8, 4) is 0 Å². The summed E-state index contributed by atoms with van der Waals surface area (Å²) >= 11 is 0. The Morgan fingerprint density at radius 1 is 1.41 bits per heavy atom. The van der Waals surface area contributed by atoms with E-state index in [9.17, 15) is 9.59 Å². The summed E-state index contributed by atoms with van der Waals surface area (Å²) < 4.78 is 0. The van der Waals surface area contributed by atoms with Crippen LogP contribution < -0.4 is 16.4 Å². The number of carbonyl (C=O) groups excluding carboxylic acids is 1. The molecular weight excluding hydrogens is 222 g/mol. The third-order valence-corrected chi connectivity index (χ3v) is 2.11. The second-order valence-corrected chi connectivity index (χ2v) is 3.62. The maximum atomic E-state index is 11.4. The fourth-order valence-electron chi connectivity index (χ4n) is 1.29.